The third kappa shape index (κ3) is 3.34. The number of nitriles is 2. The Labute approximate surface area is 147 Å². The monoisotopic (exact) mass is 333 g/mol. The topological polar surface area (TPSA) is 76.2 Å². The summed E-state index contributed by atoms with van der Waals surface area (Å²) >= 11 is 0. The smallest absolute Gasteiger partial charge is 0.170 e. The van der Waals surface area contributed by atoms with Crippen molar-refractivity contribution in [3.8, 4) is 17.9 Å². The molecular formula is C19H19N5O. The second kappa shape index (κ2) is 7.11. The van der Waals surface area contributed by atoms with Gasteiger partial charge in [0.05, 0.1) is 23.4 Å². The minimum absolute atomic E-state index is 0.0128. The SMILES string of the molecule is CN(C)c1ncccc1O[C@H]1CCN(c2c(C#N)cccc2C#N)C1. The molecule has 3 rings (SSSR count). The molecule has 1 atom stereocenters. The van der Waals surface area contributed by atoms with E-state index in [2.05, 4.69) is 22.0 Å². The third-order valence-corrected chi connectivity index (χ3v) is 4.21. The molecule has 6 nitrogen and oxygen atoms in total. The third-order valence-electron chi connectivity index (χ3n) is 4.21. The number of para-hydroxylation sites is 1. The molecule has 0 spiro atoms. The number of aromatic nitrogens is 1. The molecule has 0 radical (unpaired) electrons. The number of anilines is 2. The van der Waals surface area contributed by atoms with E-state index in [4.69, 9.17) is 4.74 Å². The van der Waals surface area contributed by atoms with E-state index in [0.29, 0.717) is 23.4 Å². The maximum absolute atomic E-state index is 9.37. The van der Waals surface area contributed by atoms with Crippen molar-refractivity contribution >= 4 is 11.5 Å². The van der Waals surface area contributed by atoms with Crippen molar-refractivity contribution in [1.29, 1.82) is 10.5 Å². The Morgan fingerprint density at radius 3 is 2.52 bits per heavy atom. The maximum Gasteiger partial charge on any atom is 0.170 e. The molecule has 0 aliphatic carbocycles. The first-order valence-corrected chi connectivity index (χ1v) is 8.11. The van der Waals surface area contributed by atoms with Gasteiger partial charge in [0.25, 0.3) is 0 Å². The average Bonchev–Trinajstić information content (AvgIpc) is 3.09. The van der Waals surface area contributed by atoms with Crippen LogP contribution in [0, 0.1) is 22.7 Å². The Hall–Kier alpha value is -3.25. The number of rotatable bonds is 4. The molecule has 25 heavy (non-hydrogen) atoms. The zero-order chi connectivity index (χ0) is 17.8. The zero-order valence-electron chi connectivity index (χ0n) is 14.3. The lowest BCUT2D eigenvalue weighted by Gasteiger charge is -2.22. The minimum Gasteiger partial charge on any atom is -0.485 e. The molecule has 2 heterocycles. The standard InChI is InChI=1S/C19H19N5O/c1-23(2)19-17(7-4-9-22-19)25-16-8-10-24(13-16)18-14(11-20)5-3-6-15(18)12-21/h3-7,9,16H,8,10,13H2,1-2H3/t16-/m0/s1. The molecule has 0 saturated carbocycles. The van der Waals surface area contributed by atoms with Crippen LogP contribution in [0.3, 0.4) is 0 Å². The van der Waals surface area contributed by atoms with E-state index in [0.717, 1.165) is 24.5 Å². The van der Waals surface area contributed by atoms with Crippen LogP contribution < -0.4 is 14.5 Å². The van der Waals surface area contributed by atoms with Gasteiger partial charge < -0.3 is 14.5 Å². The highest BCUT2D eigenvalue weighted by molar-refractivity contribution is 5.68. The molecule has 0 amide bonds. The second-order valence-corrected chi connectivity index (χ2v) is 6.12. The number of hydrogen-bond acceptors (Lipinski definition) is 6. The molecule has 0 unspecified atom stereocenters. The van der Waals surface area contributed by atoms with Crippen LogP contribution >= 0.6 is 0 Å². The van der Waals surface area contributed by atoms with Crippen molar-refractivity contribution in [3.63, 3.8) is 0 Å². The minimum atomic E-state index is -0.0128. The fraction of sp³-hybridized carbons (Fsp3) is 0.316. The van der Waals surface area contributed by atoms with Gasteiger partial charge >= 0.3 is 0 Å². The largest absolute Gasteiger partial charge is 0.485 e. The van der Waals surface area contributed by atoms with Crippen LogP contribution in [0.1, 0.15) is 17.5 Å². The van der Waals surface area contributed by atoms with E-state index in [1.165, 1.54) is 0 Å². The molecule has 2 aromatic rings. The number of nitrogens with zero attached hydrogens (tertiary/aromatic N) is 5. The van der Waals surface area contributed by atoms with Crippen molar-refractivity contribution in [3.05, 3.63) is 47.7 Å². The first kappa shape index (κ1) is 16.6. The molecule has 0 N–H and O–H groups in total. The maximum atomic E-state index is 9.37. The van der Waals surface area contributed by atoms with Crippen LogP contribution in [-0.2, 0) is 0 Å². The van der Waals surface area contributed by atoms with Crippen LogP contribution in [0.25, 0.3) is 0 Å². The van der Waals surface area contributed by atoms with Crippen LogP contribution in [0.5, 0.6) is 5.75 Å². The van der Waals surface area contributed by atoms with E-state index in [-0.39, 0.29) is 6.10 Å². The summed E-state index contributed by atoms with van der Waals surface area (Å²) in [6.07, 6.45) is 2.55. The predicted molar refractivity (Wildman–Crippen MR) is 95.7 cm³/mol. The molecule has 1 aromatic carbocycles. The molecule has 126 valence electrons. The highest BCUT2D eigenvalue weighted by atomic mass is 16.5. The number of pyridine rings is 1. The Kier molecular flexibility index (Phi) is 4.72. The van der Waals surface area contributed by atoms with Gasteiger partial charge in [-0.3, -0.25) is 0 Å². The summed E-state index contributed by atoms with van der Waals surface area (Å²) in [5.74, 6) is 1.53. The van der Waals surface area contributed by atoms with Crippen molar-refractivity contribution in [2.24, 2.45) is 0 Å². The van der Waals surface area contributed by atoms with Crippen molar-refractivity contribution in [2.75, 3.05) is 37.0 Å². The van der Waals surface area contributed by atoms with Crippen molar-refractivity contribution in [2.45, 2.75) is 12.5 Å². The van der Waals surface area contributed by atoms with Gasteiger partial charge in [0.1, 0.15) is 18.2 Å². The Balaban J connectivity index is 1.80. The Bertz CT molecular complexity index is 817. The van der Waals surface area contributed by atoms with Crippen LogP contribution in [-0.4, -0.2) is 38.3 Å². The van der Waals surface area contributed by atoms with Gasteiger partial charge in [-0.2, -0.15) is 10.5 Å². The summed E-state index contributed by atoms with van der Waals surface area (Å²) in [4.78, 5) is 8.33. The first-order valence-electron chi connectivity index (χ1n) is 8.11. The second-order valence-electron chi connectivity index (χ2n) is 6.12. The molecule has 6 heteroatoms. The lowest BCUT2D eigenvalue weighted by atomic mass is 10.1. The van der Waals surface area contributed by atoms with Gasteiger partial charge in [-0.1, -0.05) is 6.07 Å². The highest BCUT2D eigenvalue weighted by Gasteiger charge is 2.28. The average molecular weight is 333 g/mol. The summed E-state index contributed by atoms with van der Waals surface area (Å²) < 4.78 is 6.15. The van der Waals surface area contributed by atoms with Crippen molar-refractivity contribution in [1.82, 2.24) is 4.98 Å². The molecule has 1 aliphatic heterocycles. The fourth-order valence-electron chi connectivity index (χ4n) is 3.08. The van der Waals surface area contributed by atoms with E-state index < -0.39 is 0 Å². The lowest BCUT2D eigenvalue weighted by molar-refractivity contribution is 0.225. The van der Waals surface area contributed by atoms with E-state index in [1.54, 1.807) is 24.4 Å². The predicted octanol–water partition coefficient (Wildman–Crippen LogP) is 2.55. The highest BCUT2D eigenvalue weighted by Crippen LogP contribution is 2.31. The first-order chi connectivity index (χ1) is 12.1. The summed E-state index contributed by atoms with van der Waals surface area (Å²) in [7, 11) is 3.86. The number of benzene rings is 1. The van der Waals surface area contributed by atoms with E-state index >= 15 is 0 Å². The summed E-state index contributed by atoms with van der Waals surface area (Å²) in [5.41, 5.74) is 1.75. The number of ether oxygens (including phenoxy) is 1. The fourth-order valence-corrected chi connectivity index (χ4v) is 3.08. The normalized spacial score (nSPS) is 16.2. The number of hydrogen-bond donors (Lipinski definition) is 0. The quantitative estimate of drug-likeness (QED) is 0.856. The lowest BCUT2D eigenvalue weighted by Crippen LogP contribution is -2.26. The molecule has 1 saturated heterocycles. The Morgan fingerprint density at radius 2 is 1.88 bits per heavy atom. The van der Waals surface area contributed by atoms with Gasteiger partial charge in [-0.05, 0) is 24.3 Å². The molecule has 1 fully saturated rings. The van der Waals surface area contributed by atoms with Crippen molar-refractivity contribution < 1.29 is 4.74 Å². The molecular weight excluding hydrogens is 314 g/mol. The molecule has 1 aromatic heterocycles. The van der Waals surface area contributed by atoms with Gasteiger partial charge in [0.2, 0.25) is 0 Å². The molecule has 1 aliphatic rings. The van der Waals surface area contributed by atoms with E-state index in [1.807, 2.05) is 31.1 Å². The Morgan fingerprint density at radius 1 is 1.16 bits per heavy atom. The zero-order valence-corrected chi connectivity index (χ0v) is 14.3. The van der Waals surface area contributed by atoms with Crippen LogP contribution in [0.2, 0.25) is 0 Å². The van der Waals surface area contributed by atoms with Gasteiger partial charge in [-0.25, -0.2) is 4.98 Å². The van der Waals surface area contributed by atoms with Crippen LogP contribution in [0.15, 0.2) is 36.5 Å². The van der Waals surface area contributed by atoms with Gasteiger partial charge in [-0.15, -0.1) is 0 Å². The summed E-state index contributed by atoms with van der Waals surface area (Å²) in [6, 6.07) is 13.4. The van der Waals surface area contributed by atoms with E-state index in [9.17, 15) is 10.5 Å². The van der Waals surface area contributed by atoms with Gasteiger partial charge in [0.15, 0.2) is 11.6 Å². The summed E-state index contributed by atoms with van der Waals surface area (Å²) in [5, 5.41) is 18.7. The summed E-state index contributed by atoms with van der Waals surface area (Å²) in [6.45, 7) is 1.38. The van der Waals surface area contributed by atoms with Gasteiger partial charge in [0, 0.05) is 33.3 Å². The van der Waals surface area contributed by atoms with Crippen LogP contribution in [0.4, 0.5) is 11.5 Å². The molecule has 0 bridgehead atoms.